The lowest BCUT2D eigenvalue weighted by Crippen LogP contribution is -2.21. The van der Waals surface area contributed by atoms with E-state index in [1.165, 1.54) is 0 Å². The Bertz CT molecular complexity index is 633. The van der Waals surface area contributed by atoms with Crippen LogP contribution in [0.5, 0.6) is 0 Å². The maximum absolute atomic E-state index is 11.6. The molecule has 0 aliphatic carbocycles. The molecule has 2 rings (SSSR count). The minimum atomic E-state index is -0.819. The zero-order valence-electron chi connectivity index (χ0n) is 13.5. The number of carbonyl (C=O) groups is 1. The lowest BCUT2D eigenvalue weighted by Gasteiger charge is -2.21. The Morgan fingerprint density at radius 2 is 1.61 bits per heavy atom. The van der Waals surface area contributed by atoms with Gasteiger partial charge in [0.25, 0.3) is 0 Å². The number of hydrogen-bond acceptors (Lipinski definition) is 2. The van der Waals surface area contributed by atoms with Crippen LogP contribution in [-0.4, -0.2) is 24.2 Å². The number of anilines is 1. The van der Waals surface area contributed by atoms with Crippen LogP contribution >= 0.6 is 11.6 Å². The number of carboxylic acids is 1. The van der Waals surface area contributed by atoms with Crippen LogP contribution in [-0.2, 0) is 11.2 Å². The number of nitrogens with zero attached hydrogens (tertiary/aromatic N) is 1. The summed E-state index contributed by atoms with van der Waals surface area (Å²) in [5.74, 6) is -1.38. The average molecular weight is 332 g/mol. The number of benzene rings is 2. The average Bonchev–Trinajstić information content (AvgIpc) is 2.56. The van der Waals surface area contributed by atoms with Gasteiger partial charge in [-0.15, -0.1) is 0 Å². The molecule has 4 heteroatoms. The molecule has 0 saturated heterocycles. The summed E-state index contributed by atoms with van der Waals surface area (Å²) in [6, 6.07) is 15.2. The summed E-state index contributed by atoms with van der Waals surface area (Å²) in [5.41, 5.74) is 2.95. The first-order chi connectivity index (χ1) is 11.0. The molecule has 0 heterocycles. The van der Waals surface area contributed by atoms with E-state index in [4.69, 9.17) is 11.6 Å². The first-order valence-corrected chi connectivity index (χ1v) is 8.25. The molecule has 0 aliphatic rings. The van der Waals surface area contributed by atoms with Gasteiger partial charge < -0.3 is 10.0 Å². The number of rotatable bonds is 7. The molecule has 2 aromatic rings. The van der Waals surface area contributed by atoms with E-state index in [1.807, 2.05) is 12.1 Å². The summed E-state index contributed by atoms with van der Waals surface area (Å²) in [6.45, 7) is 6.16. The first-order valence-electron chi connectivity index (χ1n) is 7.87. The third-order valence-electron chi connectivity index (χ3n) is 4.08. The number of carboxylic acid groups (broad SMARTS) is 1. The Labute approximate surface area is 142 Å². The predicted octanol–water partition coefficient (Wildman–Crippen LogP) is 4.60. The Balaban J connectivity index is 2.17. The van der Waals surface area contributed by atoms with Crippen molar-refractivity contribution in [1.29, 1.82) is 0 Å². The number of halogens is 1. The predicted molar refractivity (Wildman–Crippen MR) is 95.5 cm³/mol. The fourth-order valence-corrected chi connectivity index (χ4v) is 2.84. The molecular weight excluding hydrogens is 310 g/mol. The van der Waals surface area contributed by atoms with Crippen molar-refractivity contribution in [3.8, 4) is 0 Å². The Morgan fingerprint density at radius 3 is 2.09 bits per heavy atom. The number of hydrogen-bond donors (Lipinski definition) is 1. The van der Waals surface area contributed by atoms with Crippen molar-refractivity contribution in [1.82, 2.24) is 0 Å². The van der Waals surface area contributed by atoms with Crippen molar-refractivity contribution >= 4 is 23.3 Å². The highest BCUT2D eigenvalue weighted by Gasteiger charge is 2.20. The van der Waals surface area contributed by atoms with Crippen molar-refractivity contribution in [2.75, 3.05) is 18.0 Å². The monoisotopic (exact) mass is 331 g/mol. The minimum Gasteiger partial charge on any atom is -0.481 e. The van der Waals surface area contributed by atoms with Crippen molar-refractivity contribution in [3.63, 3.8) is 0 Å². The molecule has 0 fully saturated rings. The van der Waals surface area contributed by atoms with E-state index in [1.54, 1.807) is 24.3 Å². The molecule has 0 saturated carbocycles. The third kappa shape index (κ3) is 4.49. The van der Waals surface area contributed by atoms with Crippen molar-refractivity contribution in [3.05, 3.63) is 64.7 Å². The quantitative estimate of drug-likeness (QED) is 0.806. The molecule has 0 spiro atoms. The second-order valence-corrected chi connectivity index (χ2v) is 5.92. The molecule has 0 amide bonds. The molecule has 23 heavy (non-hydrogen) atoms. The molecule has 1 N–H and O–H groups in total. The number of aliphatic carboxylic acids is 1. The van der Waals surface area contributed by atoms with Gasteiger partial charge in [0.2, 0.25) is 0 Å². The van der Waals surface area contributed by atoms with Gasteiger partial charge in [-0.05, 0) is 55.7 Å². The van der Waals surface area contributed by atoms with E-state index >= 15 is 0 Å². The van der Waals surface area contributed by atoms with Crippen LogP contribution in [0.15, 0.2) is 48.5 Å². The fourth-order valence-electron chi connectivity index (χ4n) is 2.71. The van der Waals surface area contributed by atoms with Crippen LogP contribution < -0.4 is 4.90 Å². The zero-order valence-corrected chi connectivity index (χ0v) is 14.3. The second kappa shape index (κ2) is 8.02. The van der Waals surface area contributed by atoms with Crippen LogP contribution in [0.1, 0.15) is 30.9 Å². The smallest absolute Gasteiger partial charge is 0.311 e. The topological polar surface area (TPSA) is 40.5 Å². The molecule has 0 radical (unpaired) electrons. The summed E-state index contributed by atoms with van der Waals surface area (Å²) < 4.78 is 0. The van der Waals surface area contributed by atoms with E-state index in [0.29, 0.717) is 11.4 Å². The van der Waals surface area contributed by atoms with Gasteiger partial charge in [-0.3, -0.25) is 4.79 Å². The summed E-state index contributed by atoms with van der Waals surface area (Å²) in [5, 5.41) is 10.1. The summed E-state index contributed by atoms with van der Waals surface area (Å²) in [6.07, 6.45) is 0.468. The van der Waals surface area contributed by atoms with Gasteiger partial charge in [0.1, 0.15) is 0 Å². The van der Waals surface area contributed by atoms with E-state index in [9.17, 15) is 9.90 Å². The van der Waals surface area contributed by atoms with Crippen molar-refractivity contribution in [2.45, 2.75) is 26.2 Å². The molecule has 0 aromatic heterocycles. The lowest BCUT2D eigenvalue weighted by atomic mass is 9.92. The van der Waals surface area contributed by atoms with Crippen LogP contribution in [0.2, 0.25) is 5.02 Å². The van der Waals surface area contributed by atoms with Gasteiger partial charge in [0.15, 0.2) is 0 Å². The summed E-state index contributed by atoms with van der Waals surface area (Å²) in [7, 11) is 0. The minimum absolute atomic E-state index is 0.468. The van der Waals surface area contributed by atoms with Gasteiger partial charge in [-0.1, -0.05) is 35.9 Å². The van der Waals surface area contributed by atoms with E-state index in [-0.39, 0.29) is 0 Å². The molecule has 3 nitrogen and oxygen atoms in total. The normalized spacial score (nSPS) is 12.0. The molecule has 1 unspecified atom stereocenters. The maximum Gasteiger partial charge on any atom is 0.311 e. The third-order valence-corrected chi connectivity index (χ3v) is 4.33. The lowest BCUT2D eigenvalue weighted by molar-refractivity contribution is -0.138. The molecule has 122 valence electrons. The van der Waals surface area contributed by atoms with Crippen molar-refractivity contribution in [2.24, 2.45) is 0 Å². The first kappa shape index (κ1) is 17.4. The van der Waals surface area contributed by atoms with Crippen LogP contribution in [0.4, 0.5) is 5.69 Å². The Morgan fingerprint density at radius 1 is 1.04 bits per heavy atom. The van der Waals surface area contributed by atoms with Gasteiger partial charge in [0.05, 0.1) is 5.92 Å². The van der Waals surface area contributed by atoms with Crippen LogP contribution in [0.25, 0.3) is 0 Å². The Kier molecular flexibility index (Phi) is 6.05. The van der Waals surface area contributed by atoms with Crippen LogP contribution in [0.3, 0.4) is 0 Å². The molecule has 0 bridgehead atoms. The van der Waals surface area contributed by atoms with Gasteiger partial charge in [-0.25, -0.2) is 0 Å². The van der Waals surface area contributed by atoms with Gasteiger partial charge in [0, 0.05) is 23.8 Å². The SMILES string of the molecule is CCN(CC)c1ccc(CC(C(=O)O)c2ccc(Cl)cc2)cc1. The zero-order chi connectivity index (χ0) is 16.8. The highest BCUT2D eigenvalue weighted by molar-refractivity contribution is 6.30. The maximum atomic E-state index is 11.6. The standard InChI is InChI=1S/C19H22ClNO2/c1-3-21(4-2)17-11-5-14(6-12-17)13-18(19(22)23)15-7-9-16(20)10-8-15/h5-12,18H,3-4,13H2,1-2H3,(H,22,23). The van der Waals surface area contributed by atoms with Crippen LogP contribution in [0, 0.1) is 0 Å². The van der Waals surface area contributed by atoms with Crippen molar-refractivity contribution < 1.29 is 9.90 Å². The summed E-state index contributed by atoms with van der Waals surface area (Å²) >= 11 is 5.88. The molecule has 0 aliphatic heterocycles. The summed E-state index contributed by atoms with van der Waals surface area (Å²) in [4.78, 5) is 13.9. The highest BCUT2D eigenvalue weighted by atomic mass is 35.5. The van der Waals surface area contributed by atoms with E-state index < -0.39 is 11.9 Å². The Hall–Kier alpha value is -2.00. The van der Waals surface area contributed by atoms with E-state index in [2.05, 4.69) is 30.9 Å². The fraction of sp³-hybridized carbons (Fsp3) is 0.316. The van der Waals surface area contributed by atoms with E-state index in [0.717, 1.165) is 29.9 Å². The highest BCUT2D eigenvalue weighted by Crippen LogP contribution is 2.24. The van der Waals surface area contributed by atoms with Gasteiger partial charge in [-0.2, -0.15) is 0 Å². The molecular formula is C19H22ClNO2. The second-order valence-electron chi connectivity index (χ2n) is 5.49. The van der Waals surface area contributed by atoms with Gasteiger partial charge >= 0.3 is 5.97 Å². The molecule has 1 atom stereocenters. The molecule has 2 aromatic carbocycles. The largest absolute Gasteiger partial charge is 0.481 e.